The lowest BCUT2D eigenvalue weighted by molar-refractivity contribution is -0.110. The molecule has 1 aliphatic heterocycles. The topological polar surface area (TPSA) is 169 Å². The second kappa shape index (κ2) is 10.8. The number of aryl methyl sites for hydroxylation is 1. The molecule has 0 bridgehead atoms. The fourth-order valence-corrected chi connectivity index (χ4v) is 6.37. The van der Waals surface area contributed by atoms with E-state index in [0.717, 1.165) is 0 Å². The summed E-state index contributed by atoms with van der Waals surface area (Å²) in [6.07, 6.45) is 1.49. The number of benzene rings is 2. The molecule has 0 fully saturated rings. The minimum Gasteiger partial charge on any atom is -0.391 e. The van der Waals surface area contributed by atoms with Crippen molar-refractivity contribution in [3.05, 3.63) is 80.1 Å². The zero-order valence-electron chi connectivity index (χ0n) is 20.8. The number of halogens is 2. The summed E-state index contributed by atoms with van der Waals surface area (Å²) >= 11 is 12.3. The highest BCUT2D eigenvalue weighted by Gasteiger charge is 2.31. The second-order valence-electron chi connectivity index (χ2n) is 9.14. The van der Waals surface area contributed by atoms with Crippen LogP contribution < -0.4 is 10.6 Å². The van der Waals surface area contributed by atoms with Crippen LogP contribution in [0.1, 0.15) is 38.4 Å². The molecule has 10 nitrogen and oxygen atoms in total. The Balaban J connectivity index is 1.71. The summed E-state index contributed by atoms with van der Waals surface area (Å²) < 4.78 is 26.5. The van der Waals surface area contributed by atoms with E-state index in [1.165, 1.54) is 24.3 Å². The summed E-state index contributed by atoms with van der Waals surface area (Å²) in [6, 6.07) is 8.98. The van der Waals surface area contributed by atoms with Crippen LogP contribution in [-0.2, 0) is 20.4 Å². The number of aromatic amines is 1. The number of aliphatic hydroxyl groups is 3. The van der Waals surface area contributed by atoms with Gasteiger partial charge < -0.3 is 30.9 Å². The molecule has 1 aliphatic rings. The number of rotatable bonds is 8. The van der Waals surface area contributed by atoms with Crippen molar-refractivity contribution < 1.29 is 33.3 Å². The van der Waals surface area contributed by atoms with Crippen molar-refractivity contribution in [3.8, 4) is 0 Å². The predicted molar refractivity (Wildman–Crippen MR) is 147 cm³/mol. The number of nitrogens with one attached hydrogen (secondary N) is 3. The number of carbonyl (C=O) groups is 2. The molecule has 0 spiro atoms. The first kappa shape index (κ1) is 28.8. The maximum Gasteiger partial charge on any atom is 0.256 e. The molecule has 0 radical (unpaired) electrons. The van der Waals surface area contributed by atoms with E-state index < -0.39 is 46.3 Å². The summed E-state index contributed by atoms with van der Waals surface area (Å²) in [5.74, 6) is -1.66. The van der Waals surface area contributed by atoms with Gasteiger partial charge in [0.25, 0.3) is 11.8 Å². The van der Waals surface area contributed by atoms with Crippen LogP contribution in [0.25, 0.3) is 11.6 Å². The number of sulfone groups is 1. The number of fused-ring (bicyclic) bond motifs is 1. The number of carbonyl (C=O) groups excluding carboxylic acids is 2. The van der Waals surface area contributed by atoms with Gasteiger partial charge in [-0.15, -0.1) is 0 Å². The van der Waals surface area contributed by atoms with Crippen molar-refractivity contribution in [1.29, 1.82) is 0 Å². The van der Waals surface area contributed by atoms with Gasteiger partial charge in [0.1, 0.15) is 0 Å². The number of aliphatic hydroxyl groups excluding tert-OH is 2. The van der Waals surface area contributed by atoms with Gasteiger partial charge in [-0.3, -0.25) is 9.59 Å². The van der Waals surface area contributed by atoms with E-state index in [-0.39, 0.29) is 31.6 Å². The average Bonchev–Trinajstić information content (AvgIpc) is 3.35. The minimum atomic E-state index is -3.90. The van der Waals surface area contributed by atoms with Gasteiger partial charge in [-0.05, 0) is 55.8 Å². The summed E-state index contributed by atoms with van der Waals surface area (Å²) in [4.78, 5) is 28.6. The van der Waals surface area contributed by atoms with Crippen LogP contribution in [0.5, 0.6) is 0 Å². The highest BCUT2D eigenvalue weighted by molar-refractivity contribution is 7.90. The molecule has 0 saturated heterocycles. The van der Waals surface area contributed by atoms with Gasteiger partial charge in [0, 0.05) is 38.2 Å². The van der Waals surface area contributed by atoms with Gasteiger partial charge in [-0.1, -0.05) is 29.3 Å². The lowest BCUT2D eigenvalue weighted by Gasteiger charge is -2.24. The van der Waals surface area contributed by atoms with Crippen molar-refractivity contribution in [1.82, 2.24) is 10.3 Å². The van der Waals surface area contributed by atoms with Gasteiger partial charge in [0.05, 0.1) is 35.0 Å². The van der Waals surface area contributed by atoms with Crippen molar-refractivity contribution in [2.45, 2.75) is 30.2 Å². The summed E-state index contributed by atoms with van der Waals surface area (Å²) in [7, 11) is -3.90. The van der Waals surface area contributed by atoms with Crippen LogP contribution in [0.3, 0.4) is 0 Å². The third-order valence-corrected chi connectivity index (χ3v) is 8.74. The second-order valence-corrected chi connectivity index (χ2v) is 11.9. The monoisotopic (exact) mass is 593 g/mol. The summed E-state index contributed by atoms with van der Waals surface area (Å²) in [6.45, 7) is 1.41. The number of hydrogen-bond donors (Lipinski definition) is 6. The molecule has 2 aromatic carbocycles. The maximum atomic E-state index is 13.2. The Hall–Kier alpha value is -3.19. The number of aromatic nitrogens is 1. The summed E-state index contributed by atoms with van der Waals surface area (Å²) in [5.41, 5.74) is 0.342. The first-order valence-corrected chi connectivity index (χ1v) is 14.0. The number of hydrogen-bond acceptors (Lipinski definition) is 7. The Labute approximate surface area is 234 Å². The van der Waals surface area contributed by atoms with Crippen molar-refractivity contribution >= 4 is 62.2 Å². The van der Waals surface area contributed by atoms with E-state index in [4.69, 9.17) is 23.2 Å². The Kier molecular flexibility index (Phi) is 7.95. The molecular weight excluding hydrogens is 569 g/mol. The molecule has 2 amide bonds. The molecule has 13 heteroatoms. The van der Waals surface area contributed by atoms with E-state index in [2.05, 4.69) is 15.6 Å². The van der Waals surface area contributed by atoms with Crippen molar-refractivity contribution in [2.24, 2.45) is 0 Å². The molecule has 206 valence electrons. The van der Waals surface area contributed by atoms with Gasteiger partial charge in [-0.25, -0.2) is 8.42 Å². The van der Waals surface area contributed by atoms with Gasteiger partial charge in [0.15, 0.2) is 15.6 Å². The summed E-state index contributed by atoms with van der Waals surface area (Å²) in [5, 5.41) is 34.0. The molecule has 0 saturated carbocycles. The third kappa shape index (κ3) is 5.60. The molecule has 0 atom stereocenters. The normalized spacial score (nSPS) is 14.4. The molecule has 0 unspecified atom stereocenters. The van der Waals surface area contributed by atoms with E-state index in [9.17, 15) is 33.3 Å². The number of H-pyrrole nitrogens is 1. The molecular formula is C26H25Cl2N3O7S. The predicted octanol–water partition coefficient (Wildman–Crippen LogP) is 2.81. The standard InChI is InChI=1S/C26H25Cl2N3O7S/c1-13-22(29-14(2)23(13)25(35)31-26(36,11-32)12-33)9-17-16-8-15(6-7-21(16)30-24(17)34)39(37,38)10-18-19(27)4-3-5-20(18)28/h3-9,29,32-33,36H,10-12H2,1-2H3,(H,30,34)(H,31,35)/b17-9-. The molecule has 0 aliphatic carbocycles. The molecule has 2 heterocycles. The molecule has 1 aromatic heterocycles. The highest BCUT2D eigenvalue weighted by atomic mass is 35.5. The highest BCUT2D eigenvalue weighted by Crippen LogP contribution is 2.37. The van der Waals surface area contributed by atoms with E-state index >= 15 is 0 Å². The van der Waals surface area contributed by atoms with Crippen LogP contribution in [-0.4, -0.2) is 59.5 Å². The van der Waals surface area contributed by atoms with Crippen LogP contribution in [0.4, 0.5) is 5.69 Å². The van der Waals surface area contributed by atoms with Crippen molar-refractivity contribution in [3.63, 3.8) is 0 Å². The Bertz CT molecular complexity index is 1610. The zero-order chi connectivity index (χ0) is 28.7. The molecule has 39 heavy (non-hydrogen) atoms. The van der Waals surface area contributed by atoms with Gasteiger partial charge in [-0.2, -0.15) is 0 Å². The Morgan fingerprint density at radius 1 is 1.10 bits per heavy atom. The number of amides is 2. The maximum absolute atomic E-state index is 13.2. The Morgan fingerprint density at radius 3 is 2.36 bits per heavy atom. The van der Waals surface area contributed by atoms with Crippen LogP contribution >= 0.6 is 23.2 Å². The van der Waals surface area contributed by atoms with E-state index in [1.54, 1.807) is 32.0 Å². The number of anilines is 1. The quantitative estimate of drug-likeness (QED) is 0.172. The third-order valence-electron chi connectivity index (χ3n) is 6.39. The van der Waals surface area contributed by atoms with Gasteiger partial charge in [0.2, 0.25) is 0 Å². The fourth-order valence-electron chi connectivity index (χ4n) is 4.25. The molecule has 6 N–H and O–H groups in total. The fraction of sp³-hybridized carbons (Fsp3) is 0.231. The van der Waals surface area contributed by atoms with E-state index in [1.807, 2.05) is 0 Å². The first-order valence-electron chi connectivity index (χ1n) is 11.6. The van der Waals surface area contributed by atoms with Crippen LogP contribution in [0.15, 0.2) is 41.3 Å². The molecule has 4 rings (SSSR count). The Morgan fingerprint density at radius 2 is 1.74 bits per heavy atom. The van der Waals surface area contributed by atoms with E-state index in [0.29, 0.717) is 28.2 Å². The SMILES string of the molecule is Cc1[nH]c(/C=C2\C(=O)Nc3ccc(S(=O)(=O)Cc4c(Cl)cccc4Cl)cc32)c(C)c1C(=O)NC(O)(CO)CO. The first-order chi connectivity index (χ1) is 18.3. The van der Waals surface area contributed by atoms with Gasteiger partial charge >= 0.3 is 0 Å². The lowest BCUT2D eigenvalue weighted by atomic mass is 10.0. The zero-order valence-corrected chi connectivity index (χ0v) is 23.1. The average molecular weight is 594 g/mol. The lowest BCUT2D eigenvalue weighted by Crippen LogP contribution is -2.54. The van der Waals surface area contributed by atoms with Crippen molar-refractivity contribution in [2.75, 3.05) is 18.5 Å². The smallest absolute Gasteiger partial charge is 0.256 e. The minimum absolute atomic E-state index is 0.0358. The largest absolute Gasteiger partial charge is 0.391 e. The van der Waals surface area contributed by atoms with Crippen LogP contribution in [0, 0.1) is 13.8 Å². The molecule has 3 aromatic rings. The van der Waals surface area contributed by atoms with Crippen LogP contribution in [0.2, 0.25) is 10.0 Å².